The highest BCUT2D eigenvalue weighted by atomic mass is 32.2. The molecular weight excluding hydrogens is 330 g/mol. The lowest BCUT2D eigenvalue weighted by atomic mass is 10.3. The Morgan fingerprint density at radius 3 is 2.43 bits per heavy atom. The van der Waals surface area contributed by atoms with E-state index in [9.17, 15) is 8.42 Å². The Hall–Kier alpha value is -1.28. The molecule has 0 radical (unpaired) electrons. The topological polar surface area (TPSA) is 53.5 Å². The first-order valence-electron chi connectivity index (χ1n) is 7.80. The molecule has 124 valence electrons. The van der Waals surface area contributed by atoms with Gasteiger partial charge in [0.05, 0.1) is 15.6 Å². The van der Waals surface area contributed by atoms with Crippen molar-refractivity contribution in [2.75, 3.05) is 26.2 Å². The number of piperazine rings is 1. The molecule has 3 rings (SSSR count). The molecule has 0 amide bonds. The van der Waals surface area contributed by atoms with E-state index in [1.807, 2.05) is 6.07 Å². The van der Waals surface area contributed by atoms with Gasteiger partial charge in [-0.1, -0.05) is 25.1 Å². The van der Waals surface area contributed by atoms with Gasteiger partial charge in [0.25, 0.3) is 0 Å². The van der Waals surface area contributed by atoms with Crippen molar-refractivity contribution in [2.45, 2.75) is 24.8 Å². The number of hydrogen-bond acceptors (Lipinski definition) is 5. The molecule has 1 aliphatic rings. The highest BCUT2D eigenvalue weighted by Crippen LogP contribution is 2.18. The van der Waals surface area contributed by atoms with Crippen LogP contribution < -0.4 is 0 Å². The first-order chi connectivity index (χ1) is 11.1. The van der Waals surface area contributed by atoms with Crippen LogP contribution in [0.25, 0.3) is 0 Å². The fourth-order valence-electron chi connectivity index (χ4n) is 2.68. The highest BCUT2D eigenvalue weighted by molar-refractivity contribution is 7.89. The van der Waals surface area contributed by atoms with Gasteiger partial charge in [0.15, 0.2) is 0 Å². The third-order valence-corrected chi connectivity index (χ3v) is 6.95. The smallest absolute Gasteiger partial charge is 0.243 e. The lowest BCUT2D eigenvalue weighted by Gasteiger charge is -2.33. The van der Waals surface area contributed by atoms with Gasteiger partial charge in [0, 0.05) is 38.1 Å². The minimum absolute atomic E-state index is 0.375. The number of rotatable bonds is 5. The van der Waals surface area contributed by atoms with E-state index >= 15 is 0 Å². The highest BCUT2D eigenvalue weighted by Gasteiger charge is 2.28. The van der Waals surface area contributed by atoms with Crippen molar-refractivity contribution in [3.8, 4) is 0 Å². The van der Waals surface area contributed by atoms with Crippen LogP contribution in [0.2, 0.25) is 0 Å². The maximum Gasteiger partial charge on any atom is 0.243 e. The van der Waals surface area contributed by atoms with Crippen LogP contribution in [0, 0.1) is 0 Å². The van der Waals surface area contributed by atoms with Crippen LogP contribution in [0.15, 0.2) is 40.6 Å². The van der Waals surface area contributed by atoms with Gasteiger partial charge in [-0.15, -0.1) is 11.3 Å². The van der Waals surface area contributed by atoms with E-state index in [-0.39, 0.29) is 0 Å². The molecule has 0 spiro atoms. The summed E-state index contributed by atoms with van der Waals surface area (Å²) in [5, 5.41) is 3.26. The van der Waals surface area contributed by atoms with E-state index in [1.165, 1.54) is 0 Å². The van der Waals surface area contributed by atoms with Crippen molar-refractivity contribution in [3.05, 3.63) is 46.4 Å². The average molecular weight is 351 g/mol. The number of benzene rings is 1. The summed E-state index contributed by atoms with van der Waals surface area (Å²) in [4.78, 5) is 7.23. The summed E-state index contributed by atoms with van der Waals surface area (Å²) in [6.45, 7) is 5.45. The Labute approximate surface area is 141 Å². The second-order valence-corrected chi connectivity index (χ2v) is 8.46. The van der Waals surface area contributed by atoms with Gasteiger partial charge in [-0.05, 0) is 18.6 Å². The van der Waals surface area contributed by atoms with Crippen molar-refractivity contribution in [2.24, 2.45) is 0 Å². The number of nitrogens with zero attached hydrogens (tertiary/aromatic N) is 3. The van der Waals surface area contributed by atoms with E-state index in [4.69, 9.17) is 0 Å². The van der Waals surface area contributed by atoms with Crippen LogP contribution in [0.4, 0.5) is 0 Å². The molecule has 0 atom stereocenters. The monoisotopic (exact) mass is 351 g/mol. The molecule has 0 bridgehead atoms. The summed E-state index contributed by atoms with van der Waals surface area (Å²) < 4.78 is 26.8. The van der Waals surface area contributed by atoms with Gasteiger partial charge >= 0.3 is 0 Å². The van der Waals surface area contributed by atoms with E-state index in [0.29, 0.717) is 18.0 Å². The zero-order valence-corrected chi connectivity index (χ0v) is 14.8. The largest absolute Gasteiger partial charge is 0.295 e. The summed E-state index contributed by atoms with van der Waals surface area (Å²) in [5.41, 5.74) is 1.09. The normalized spacial score (nSPS) is 17.4. The molecule has 1 saturated heterocycles. The van der Waals surface area contributed by atoms with Crippen molar-refractivity contribution in [1.29, 1.82) is 0 Å². The third kappa shape index (κ3) is 3.80. The molecular formula is C16H21N3O2S2. The zero-order chi connectivity index (χ0) is 16.3. The molecule has 23 heavy (non-hydrogen) atoms. The molecule has 1 aromatic carbocycles. The number of aryl methyl sites for hydroxylation is 1. The van der Waals surface area contributed by atoms with Crippen LogP contribution in [0.5, 0.6) is 0 Å². The fraction of sp³-hybridized carbons (Fsp3) is 0.438. The van der Waals surface area contributed by atoms with Crippen molar-refractivity contribution in [3.63, 3.8) is 0 Å². The van der Waals surface area contributed by atoms with E-state index in [2.05, 4.69) is 22.2 Å². The lowest BCUT2D eigenvalue weighted by Crippen LogP contribution is -2.48. The molecule has 2 aromatic rings. The Balaban J connectivity index is 1.60. The fourth-order valence-corrected chi connectivity index (χ4v) is 4.86. The predicted octanol–water partition coefficient (Wildman–Crippen LogP) is 2.21. The summed E-state index contributed by atoms with van der Waals surface area (Å²) in [6.07, 6.45) is 0.966. The Morgan fingerprint density at radius 2 is 1.83 bits per heavy atom. The van der Waals surface area contributed by atoms with Crippen LogP contribution >= 0.6 is 11.3 Å². The van der Waals surface area contributed by atoms with Crippen LogP contribution in [0.1, 0.15) is 17.6 Å². The maximum absolute atomic E-state index is 12.6. The van der Waals surface area contributed by atoms with Gasteiger partial charge in [-0.2, -0.15) is 4.31 Å². The molecule has 1 fully saturated rings. The van der Waals surface area contributed by atoms with Crippen molar-refractivity contribution >= 4 is 21.4 Å². The molecule has 7 heteroatoms. The predicted molar refractivity (Wildman–Crippen MR) is 92.0 cm³/mol. The first kappa shape index (κ1) is 16.6. The van der Waals surface area contributed by atoms with Gasteiger partial charge < -0.3 is 0 Å². The summed E-state index contributed by atoms with van der Waals surface area (Å²) in [5.74, 6) is 0. The second-order valence-electron chi connectivity index (χ2n) is 5.58. The molecule has 0 unspecified atom stereocenters. The number of aromatic nitrogens is 1. The Bertz CT molecular complexity index is 736. The molecule has 2 heterocycles. The van der Waals surface area contributed by atoms with Crippen LogP contribution in [0.3, 0.4) is 0 Å². The van der Waals surface area contributed by atoms with E-state index in [1.54, 1.807) is 39.9 Å². The molecule has 0 N–H and O–H groups in total. The zero-order valence-electron chi connectivity index (χ0n) is 13.2. The molecule has 5 nitrogen and oxygen atoms in total. The second kappa shape index (κ2) is 7.09. The van der Waals surface area contributed by atoms with Gasteiger partial charge in [0.1, 0.15) is 0 Å². The molecule has 0 saturated carbocycles. The van der Waals surface area contributed by atoms with Crippen LogP contribution in [-0.2, 0) is 23.0 Å². The molecule has 0 aliphatic carbocycles. The van der Waals surface area contributed by atoms with E-state index < -0.39 is 10.0 Å². The van der Waals surface area contributed by atoms with E-state index in [0.717, 1.165) is 36.8 Å². The first-order valence-corrected chi connectivity index (χ1v) is 10.1. The quantitative estimate of drug-likeness (QED) is 0.829. The summed E-state index contributed by atoms with van der Waals surface area (Å²) >= 11 is 1.70. The van der Waals surface area contributed by atoms with Crippen LogP contribution in [-0.4, -0.2) is 48.8 Å². The minimum atomic E-state index is -3.37. The minimum Gasteiger partial charge on any atom is -0.295 e. The van der Waals surface area contributed by atoms with Crippen molar-refractivity contribution in [1.82, 2.24) is 14.2 Å². The average Bonchev–Trinajstić information content (AvgIpc) is 3.04. The molecule has 1 aliphatic heterocycles. The van der Waals surface area contributed by atoms with Gasteiger partial charge in [-0.25, -0.2) is 13.4 Å². The number of sulfonamides is 1. The molecule has 1 aromatic heterocycles. The van der Waals surface area contributed by atoms with Gasteiger partial charge in [0.2, 0.25) is 10.0 Å². The Morgan fingerprint density at radius 1 is 1.13 bits per heavy atom. The maximum atomic E-state index is 12.6. The number of thiazole rings is 1. The van der Waals surface area contributed by atoms with Gasteiger partial charge in [-0.3, -0.25) is 4.90 Å². The Kier molecular flexibility index (Phi) is 5.11. The number of hydrogen-bond donors (Lipinski definition) is 0. The summed E-state index contributed by atoms with van der Waals surface area (Å²) in [7, 11) is -3.37. The van der Waals surface area contributed by atoms with Crippen molar-refractivity contribution < 1.29 is 8.42 Å². The SMILES string of the molecule is CCc1nc(CN2CCN(S(=O)(=O)c3ccccc3)CC2)cs1. The lowest BCUT2D eigenvalue weighted by molar-refractivity contribution is 0.180. The third-order valence-electron chi connectivity index (χ3n) is 4.00. The summed E-state index contributed by atoms with van der Waals surface area (Å²) in [6, 6.07) is 8.66. The standard InChI is InChI=1S/C16H21N3O2S2/c1-2-16-17-14(13-22-16)12-18-8-10-19(11-9-18)23(20,21)15-6-4-3-5-7-15/h3-7,13H,2,8-12H2,1H3.